The Balaban J connectivity index is 1.84. The summed E-state index contributed by atoms with van der Waals surface area (Å²) < 4.78 is 5.15. The summed E-state index contributed by atoms with van der Waals surface area (Å²) in [4.78, 5) is 8.86. The summed E-state index contributed by atoms with van der Waals surface area (Å²) in [6.07, 6.45) is 3.38. The predicted octanol–water partition coefficient (Wildman–Crippen LogP) is 4.03. The highest BCUT2D eigenvalue weighted by atomic mass is 16.5. The molecule has 0 fully saturated rings. The van der Waals surface area contributed by atoms with E-state index in [0.717, 1.165) is 5.56 Å². The lowest BCUT2D eigenvalue weighted by Gasteiger charge is -2.15. The van der Waals surface area contributed by atoms with Crippen molar-refractivity contribution >= 4 is 5.82 Å². The number of ether oxygens (including phenoxy) is 1. The molecule has 3 rings (SSSR count). The van der Waals surface area contributed by atoms with E-state index >= 15 is 0 Å². The Bertz CT molecular complexity index is 822. The van der Waals surface area contributed by atoms with E-state index in [1.54, 1.807) is 30.6 Å². The normalized spacial score (nSPS) is 11.8. The van der Waals surface area contributed by atoms with Crippen molar-refractivity contribution in [2.45, 2.75) is 13.0 Å². The van der Waals surface area contributed by atoms with Crippen molar-refractivity contribution in [1.29, 1.82) is 0 Å². The second-order valence-corrected chi connectivity index (χ2v) is 5.45. The molecule has 0 spiro atoms. The third-order valence-electron chi connectivity index (χ3n) is 3.77. The maximum Gasteiger partial charge on any atom is 0.161 e. The van der Waals surface area contributed by atoms with Gasteiger partial charge in [0.2, 0.25) is 0 Å². The van der Waals surface area contributed by atoms with Crippen LogP contribution in [0.1, 0.15) is 18.5 Å². The molecular formula is C19H19N3O2. The minimum absolute atomic E-state index is 0.0983. The van der Waals surface area contributed by atoms with Crippen molar-refractivity contribution in [2.75, 3.05) is 12.4 Å². The van der Waals surface area contributed by atoms with Gasteiger partial charge >= 0.3 is 0 Å². The molecular weight excluding hydrogens is 302 g/mol. The first kappa shape index (κ1) is 15.8. The summed E-state index contributed by atoms with van der Waals surface area (Å²) in [6.45, 7) is 2.08. The minimum atomic E-state index is 0.0983. The number of benzene rings is 2. The number of rotatable bonds is 5. The molecule has 0 radical (unpaired) electrons. The fraction of sp³-hybridized carbons (Fsp3) is 0.158. The Morgan fingerprint density at radius 2 is 1.88 bits per heavy atom. The van der Waals surface area contributed by atoms with Crippen LogP contribution in [-0.2, 0) is 0 Å². The largest absolute Gasteiger partial charge is 0.504 e. The molecule has 1 atom stereocenters. The van der Waals surface area contributed by atoms with E-state index in [1.807, 2.05) is 18.2 Å². The first-order valence-corrected chi connectivity index (χ1v) is 7.68. The number of nitrogens with zero attached hydrogens (tertiary/aromatic N) is 2. The van der Waals surface area contributed by atoms with Crippen molar-refractivity contribution < 1.29 is 9.84 Å². The molecule has 5 heteroatoms. The molecule has 0 unspecified atom stereocenters. The van der Waals surface area contributed by atoms with E-state index in [9.17, 15) is 5.11 Å². The summed E-state index contributed by atoms with van der Waals surface area (Å²) >= 11 is 0. The highest BCUT2D eigenvalue weighted by molar-refractivity contribution is 5.64. The molecule has 0 aliphatic rings. The van der Waals surface area contributed by atoms with Crippen LogP contribution in [0.15, 0.2) is 60.9 Å². The summed E-state index contributed by atoms with van der Waals surface area (Å²) in [6, 6.07) is 15.4. The van der Waals surface area contributed by atoms with Gasteiger partial charge < -0.3 is 15.2 Å². The SMILES string of the molecule is COc1cc(-c2cncc(N[C@H](C)c3ccccc3)n2)ccc1O. The molecule has 1 heterocycles. The highest BCUT2D eigenvalue weighted by Gasteiger charge is 2.09. The molecule has 2 aromatic carbocycles. The van der Waals surface area contributed by atoms with Crippen LogP contribution in [-0.4, -0.2) is 22.2 Å². The van der Waals surface area contributed by atoms with Crippen LogP contribution in [0.3, 0.4) is 0 Å². The third kappa shape index (κ3) is 3.46. The summed E-state index contributed by atoms with van der Waals surface area (Å²) in [5, 5.41) is 13.1. The van der Waals surface area contributed by atoms with Gasteiger partial charge in [-0.3, -0.25) is 4.98 Å². The van der Waals surface area contributed by atoms with Crippen molar-refractivity contribution in [3.8, 4) is 22.8 Å². The van der Waals surface area contributed by atoms with Gasteiger partial charge in [0.1, 0.15) is 5.82 Å². The van der Waals surface area contributed by atoms with E-state index in [1.165, 1.54) is 12.7 Å². The molecule has 5 nitrogen and oxygen atoms in total. The number of anilines is 1. The second kappa shape index (κ2) is 7.00. The van der Waals surface area contributed by atoms with Gasteiger partial charge in [-0.05, 0) is 30.7 Å². The number of methoxy groups -OCH3 is 1. The van der Waals surface area contributed by atoms with Gasteiger partial charge in [0.15, 0.2) is 11.5 Å². The zero-order valence-electron chi connectivity index (χ0n) is 13.6. The maximum absolute atomic E-state index is 9.71. The number of nitrogens with one attached hydrogen (secondary N) is 1. The van der Waals surface area contributed by atoms with E-state index < -0.39 is 0 Å². The Labute approximate surface area is 141 Å². The first-order valence-electron chi connectivity index (χ1n) is 7.68. The smallest absolute Gasteiger partial charge is 0.161 e. The van der Waals surface area contributed by atoms with Crippen molar-refractivity contribution in [2.24, 2.45) is 0 Å². The second-order valence-electron chi connectivity index (χ2n) is 5.45. The van der Waals surface area contributed by atoms with Crippen LogP contribution < -0.4 is 10.1 Å². The summed E-state index contributed by atoms with van der Waals surface area (Å²) in [5.41, 5.74) is 2.71. The van der Waals surface area contributed by atoms with E-state index in [4.69, 9.17) is 4.74 Å². The van der Waals surface area contributed by atoms with Gasteiger partial charge in [0.05, 0.1) is 25.2 Å². The van der Waals surface area contributed by atoms with Crippen LogP contribution in [0.4, 0.5) is 5.82 Å². The molecule has 0 aliphatic carbocycles. The fourth-order valence-electron chi connectivity index (χ4n) is 2.46. The zero-order chi connectivity index (χ0) is 16.9. The number of aromatic nitrogens is 2. The molecule has 0 saturated carbocycles. The third-order valence-corrected chi connectivity index (χ3v) is 3.77. The molecule has 0 saturated heterocycles. The lowest BCUT2D eigenvalue weighted by atomic mass is 10.1. The Morgan fingerprint density at radius 1 is 1.08 bits per heavy atom. The number of phenols is 1. The molecule has 0 amide bonds. The van der Waals surface area contributed by atoms with Crippen LogP contribution in [0, 0.1) is 0 Å². The summed E-state index contributed by atoms with van der Waals surface area (Å²) in [7, 11) is 1.52. The van der Waals surface area contributed by atoms with Crippen LogP contribution in [0.5, 0.6) is 11.5 Å². The van der Waals surface area contributed by atoms with E-state index in [-0.39, 0.29) is 11.8 Å². The number of hydrogen-bond acceptors (Lipinski definition) is 5. The van der Waals surface area contributed by atoms with Crippen LogP contribution in [0.25, 0.3) is 11.3 Å². The number of hydrogen-bond donors (Lipinski definition) is 2. The Kier molecular flexibility index (Phi) is 4.61. The van der Waals surface area contributed by atoms with E-state index in [0.29, 0.717) is 17.3 Å². The first-order chi connectivity index (χ1) is 11.7. The maximum atomic E-state index is 9.71. The monoisotopic (exact) mass is 321 g/mol. The Hall–Kier alpha value is -3.08. The van der Waals surface area contributed by atoms with Gasteiger partial charge in [-0.1, -0.05) is 30.3 Å². The Morgan fingerprint density at radius 3 is 2.62 bits per heavy atom. The zero-order valence-corrected chi connectivity index (χ0v) is 13.6. The average molecular weight is 321 g/mol. The highest BCUT2D eigenvalue weighted by Crippen LogP contribution is 2.31. The summed E-state index contributed by atoms with van der Waals surface area (Å²) in [5.74, 6) is 1.20. The number of phenolic OH excluding ortho intramolecular Hbond substituents is 1. The van der Waals surface area contributed by atoms with Gasteiger partial charge in [-0.25, -0.2) is 4.98 Å². The standard InChI is InChI=1S/C19H19N3O2/c1-13(14-6-4-3-5-7-14)21-19-12-20-11-16(22-19)15-8-9-17(23)18(10-15)24-2/h3-13,23H,1-2H3,(H,21,22)/t13-/m1/s1. The van der Waals surface area contributed by atoms with Gasteiger partial charge in [0.25, 0.3) is 0 Å². The predicted molar refractivity (Wildman–Crippen MR) is 94.2 cm³/mol. The van der Waals surface area contributed by atoms with E-state index in [2.05, 4.69) is 34.3 Å². The van der Waals surface area contributed by atoms with Gasteiger partial charge in [-0.15, -0.1) is 0 Å². The fourth-order valence-corrected chi connectivity index (χ4v) is 2.46. The van der Waals surface area contributed by atoms with Crippen molar-refractivity contribution in [1.82, 2.24) is 9.97 Å². The van der Waals surface area contributed by atoms with Crippen LogP contribution >= 0.6 is 0 Å². The lowest BCUT2D eigenvalue weighted by molar-refractivity contribution is 0.373. The topological polar surface area (TPSA) is 67.3 Å². The molecule has 24 heavy (non-hydrogen) atoms. The van der Waals surface area contributed by atoms with Gasteiger partial charge in [-0.2, -0.15) is 0 Å². The van der Waals surface area contributed by atoms with Crippen molar-refractivity contribution in [3.63, 3.8) is 0 Å². The molecule has 0 bridgehead atoms. The minimum Gasteiger partial charge on any atom is -0.504 e. The lowest BCUT2D eigenvalue weighted by Crippen LogP contribution is -2.08. The molecule has 0 aliphatic heterocycles. The van der Waals surface area contributed by atoms with Crippen molar-refractivity contribution in [3.05, 3.63) is 66.5 Å². The van der Waals surface area contributed by atoms with Gasteiger partial charge in [0, 0.05) is 11.6 Å². The van der Waals surface area contributed by atoms with Crippen LogP contribution in [0.2, 0.25) is 0 Å². The molecule has 122 valence electrons. The quantitative estimate of drug-likeness (QED) is 0.742. The number of aromatic hydroxyl groups is 1. The molecule has 2 N–H and O–H groups in total. The molecule has 1 aromatic heterocycles. The molecule has 3 aromatic rings. The average Bonchev–Trinajstić information content (AvgIpc) is 2.63.